The molecule has 0 aliphatic carbocycles. The third-order valence-electron chi connectivity index (χ3n) is 7.09. The van der Waals surface area contributed by atoms with Crippen molar-refractivity contribution < 1.29 is 9.53 Å². The lowest BCUT2D eigenvalue weighted by atomic mass is 9.82. The highest BCUT2D eigenvalue weighted by Crippen LogP contribution is 2.30. The minimum atomic E-state index is -0.278. The number of hydrogen-bond donors (Lipinski definition) is 0. The molecular formula is C29H58O2. The highest BCUT2D eigenvalue weighted by Gasteiger charge is 2.32. The van der Waals surface area contributed by atoms with Crippen LogP contribution in [-0.4, -0.2) is 12.6 Å². The van der Waals surface area contributed by atoms with Crippen molar-refractivity contribution in [2.75, 3.05) is 6.61 Å². The van der Waals surface area contributed by atoms with E-state index in [0.29, 0.717) is 6.61 Å². The van der Waals surface area contributed by atoms with E-state index in [1.807, 2.05) is 0 Å². The molecule has 2 nitrogen and oxygen atoms in total. The molecule has 0 spiro atoms. The van der Waals surface area contributed by atoms with Crippen molar-refractivity contribution in [2.24, 2.45) is 5.41 Å². The Morgan fingerprint density at radius 3 is 1.29 bits per heavy atom. The first-order chi connectivity index (χ1) is 15.1. The smallest absolute Gasteiger partial charge is 0.311 e. The molecule has 186 valence electrons. The lowest BCUT2D eigenvalue weighted by Crippen LogP contribution is -2.29. The van der Waals surface area contributed by atoms with Crippen molar-refractivity contribution in [1.82, 2.24) is 0 Å². The molecule has 31 heavy (non-hydrogen) atoms. The van der Waals surface area contributed by atoms with Gasteiger partial charge < -0.3 is 4.74 Å². The quantitative estimate of drug-likeness (QED) is 0.111. The van der Waals surface area contributed by atoms with Crippen LogP contribution in [0, 0.1) is 5.41 Å². The Morgan fingerprint density at radius 1 is 0.548 bits per heavy atom. The van der Waals surface area contributed by atoms with Crippen molar-refractivity contribution >= 4 is 5.97 Å². The fraction of sp³-hybridized carbons (Fsp3) is 0.966. The fourth-order valence-electron chi connectivity index (χ4n) is 4.35. The first-order valence-corrected chi connectivity index (χ1v) is 14.3. The number of unbranched alkanes of at least 4 members (excludes halogenated alkanes) is 18. The third-order valence-corrected chi connectivity index (χ3v) is 7.09. The van der Waals surface area contributed by atoms with Crippen LogP contribution >= 0.6 is 0 Å². The Labute approximate surface area is 196 Å². The van der Waals surface area contributed by atoms with E-state index in [-0.39, 0.29) is 11.4 Å². The average Bonchev–Trinajstić information content (AvgIpc) is 2.78. The molecule has 0 N–H and O–H groups in total. The van der Waals surface area contributed by atoms with Gasteiger partial charge in [-0.2, -0.15) is 0 Å². The topological polar surface area (TPSA) is 26.3 Å². The summed E-state index contributed by atoms with van der Waals surface area (Å²) in [5.41, 5.74) is -0.278. The van der Waals surface area contributed by atoms with Crippen LogP contribution in [0.15, 0.2) is 0 Å². The van der Waals surface area contributed by atoms with Gasteiger partial charge in [-0.25, -0.2) is 0 Å². The molecule has 0 saturated heterocycles. The molecule has 0 aromatic carbocycles. The van der Waals surface area contributed by atoms with Gasteiger partial charge in [0.05, 0.1) is 12.0 Å². The Bertz CT molecular complexity index is 379. The zero-order valence-corrected chi connectivity index (χ0v) is 22.1. The molecule has 1 unspecified atom stereocenters. The Balaban J connectivity index is 3.61. The first kappa shape index (κ1) is 30.5. The second-order valence-electron chi connectivity index (χ2n) is 10.2. The maximum atomic E-state index is 12.6. The second kappa shape index (κ2) is 22.7. The Hall–Kier alpha value is -0.530. The second-order valence-corrected chi connectivity index (χ2v) is 10.2. The summed E-state index contributed by atoms with van der Waals surface area (Å²) in [6.45, 7) is 9.40. The summed E-state index contributed by atoms with van der Waals surface area (Å²) in [6, 6.07) is 0. The summed E-state index contributed by atoms with van der Waals surface area (Å²) in [6.07, 6.45) is 28.5. The van der Waals surface area contributed by atoms with Crippen molar-refractivity contribution in [1.29, 1.82) is 0 Å². The van der Waals surface area contributed by atoms with Gasteiger partial charge in [-0.15, -0.1) is 0 Å². The zero-order chi connectivity index (χ0) is 23.0. The van der Waals surface area contributed by atoms with Crippen LogP contribution in [0.2, 0.25) is 0 Å². The van der Waals surface area contributed by atoms with Gasteiger partial charge in [-0.05, 0) is 26.2 Å². The fourth-order valence-corrected chi connectivity index (χ4v) is 4.35. The Kier molecular flexibility index (Phi) is 22.3. The predicted octanol–water partition coefficient (Wildman–Crippen LogP) is 10.2. The molecule has 0 aromatic heterocycles. The number of ether oxygens (including phenoxy) is 1. The van der Waals surface area contributed by atoms with Gasteiger partial charge in [0.1, 0.15) is 0 Å². The summed E-state index contributed by atoms with van der Waals surface area (Å²) in [5, 5.41) is 0. The number of esters is 1. The van der Waals surface area contributed by atoms with E-state index in [4.69, 9.17) is 4.74 Å². The number of carbonyl (C=O) groups is 1. The van der Waals surface area contributed by atoms with Gasteiger partial charge in [-0.1, -0.05) is 143 Å². The van der Waals surface area contributed by atoms with Gasteiger partial charge in [0.2, 0.25) is 0 Å². The van der Waals surface area contributed by atoms with Gasteiger partial charge in [0.15, 0.2) is 0 Å². The molecular weight excluding hydrogens is 380 g/mol. The summed E-state index contributed by atoms with van der Waals surface area (Å²) in [5.74, 6) is 0.0426. The van der Waals surface area contributed by atoms with E-state index in [0.717, 1.165) is 25.7 Å². The van der Waals surface area contributed by atoms with Crippen LogP contribution in [0.4, 0.5) is 0 Å². The van der Waals surface area contributed by atoms with Gasteiger partial charge in [-0.3, -0.25) is 4.79 Å². The molecule has 0 saturated carbocycles. The standard InChI is InChI=1S/C29H58O2/c1-5-8-10-12-14-16-17-18-19-21-23-25-27-31-28(30)29(4,7-3)26-24-22-20-15-13-11-9-6-2/h5-27H2,1-4H3. The van der Waals surface area contributed by atoms with Crippen molar-refractivity contribution in [2.45, 2.75) is 169 Å². The molecule has 0 aliphatic rings. The van der Waals surface area contributed by atoms with E-state index in [1.165, 1.54) is 116 Å². The van der Waals surface area contributed by atoms with Gasteiger partial charge in [0.25, 0.3) is 0 Å². The van der Waals surface area contributed by atoms with Crippen LogP contribution in [0.1, 0.15) is 169 Å². The maximum absolute atomic E-state index is 12.6. The summed E-state index contributed by atoms with van der Waals surface area (Å²) < 4.78 is 5.67. The molecule has 0 amide bonds. The molecule has 1 atom stereocenters. The molecule has 0 fully saturated rings. The normalized spacial score (nSPS) is 13.3. The summed E-state index contributed by atoms with van der Waals surface area (Å²) in [7, 11) is 0. The van der Waals surface area contributed by atoms with Crippen molar-refractivity contribution in [3.8, 4) is 0 Å². The van der Waals surface area contributed by atoms with E-state index >= 15 is 0 Å². The number of hydrogen-bond acceptors (Lipinski definition) is 2. The van der Waals surface area contributed by atoms with Crippen LogP contribution in [0.25, 0.3) is 0 Å². The Morgan fingerprint density at radius 2 is 0.903 bits per heavy atom. The van der Waals surface area contributed by atoms with Gasteiger partial charge in [0, 0.05) is 0 Å². The van der Waals surface area contributed by atoms with Crippen LogP contribution in [0.3, 0.4) is 0 Å². The van der Waals surface area contributed by atoms with Crippen LogP contribution in [0.5, 0.6) is 0 Å². The molecule has 0 radical (unpaired) electrons. The zero-order valence-electron chi connectivity index (χ0n) is 22.1. The van der Waals surface area contributed by atoms with Crippen molar-refractivity contribution in [3.05, 3.63) is 0 Å². The van der Waals surface area contributed by atoms with E-state index < -0.39 is 0 Å². The lowest BCUT2D eigenvalue weighted by molar-refractivity contribution is -0.155. The van der Waals surface area contributed by atoms with Crippen molar-refractivity contribution in [3.63, 3.8) is 0 Å². The SMILES string of the molecule is CCCCCCCCCCCCCCOC(=O)C(C)(CC)CCCCCCCCCC. The molecule has 0 rings (SSSR count). The number of rotatable bonds is 24. The average molecular weight is 439 g/mol. The minimum Gasteiger partial charge on any atom is -0.465 e. The molecule has 0 aliphatic heterocycles. The van der Waals surface area contributed by atoms with Gasteiger partial charge >= 0.3 is 5.97 Å². The van der Waals surface area contributed by atoms with E-state index in [2.05, 4.69) is 27.7 Å². The first-order valence-electron chi connectivity index (χ1n) is 14.3. The third kappa shape index (κ3) is 18.7. The largest absolute Gasteiger partial charge is 0.465 e. The summed E-state index contributed by atoms with van der Waals surface area (Å²) in [4.78, 5) is 12.6. The lowest BCUT2D eigenvalue weighted by Gasteiger charge is -2.26. The molecule has 0 heterocycles. The van der Waals surface area contributed by atoms with Crippen LogP contribution < -0.4 is 0 Å². The number of carbonyl (C=O) groups excluding carboxylic acids is 1. The monoisotopic (exact) mass is 438 g/mol. The summed E-state index contributed by atoms with van der Waals surface area (Å²) >= 11 is 0. The van der Waals surface area contributed by atoms with E-state index in [9.17, 15) is 4.79 Å². The highest BCUT2D eigenvalue weighted by atomic mass is 16.5. The highest BCUT2D eigenvalue weighted by molar-refractivity contribution is 5.76. The minimum absolute atomic E-state index is 0.0426. The predicted molar refractivity (Wildman–Crippen MR) is 138 cm³/mol. The molecule has 2 heteroatoms. The van der Waals surface area contributed by atoms with E-state index in [1.54, 1.807) is 0 Å². The molecule has 0 bridgehead atoms. The maximum Gasteiger partial charge on any atom is 0.311 e. The molecule has 0 aromatic rings. The van der Waals surface area contributed by atoms with Crippen LogP contribution in [-0.2, 0) is 9.53 Å².